The minimum absolute atomic E-state index is 0.103. The molecule has 1 fully saturated rings. The molecule has 4 rings (SSSR count). The Hall–Kier alpha value is -2.59. The molecule has 0 radical (unpaired) electrons. The number of hydrogen-bond donors (Lipinski definition) is 1. The zero-order chi connectivity index (χ0) is 19.9. The number of sulfonamides is 1. The van der Waals surface area contributed by atoms with Crippen LogP contribution >= 0.6 is 0 Å². The van der Waals surface area contributed by atoms with Gasteiger partial charge in [-0.05, 0) is 44.9 Å². The monoisotopic (exact) mass is 407 g/mol. The van der Waals surface area contributed by atoms with Gasteiger partial charge in [-0.2, -0.15) is 4.31 Å². The number of amides is 1. The lowest BCUT2D eigenvalue weighted by molar-refractivity contribution is 0.0923. The Morgan fingerprint density at radius 2 is 1.89 bits per heavy atom. The Kier molecular flexibility index (Phi) is 4.76. The Balaban J connectivity index is 1.38. The maximum atomic E-state index is 12.9. The predicted molar refractivity (Wildman–Crippen MR) is 97.8 cm³/mol. The summed E-state index contributed by atoms with van der Waals surface area (Å²) in [7, 11) is -3.66. The van der Waals surface area contributed by atoms with Crippen molar-refractivity contribution in [1.82, 2.24) is 14.8 Å². The standard InChI is InChI=1S/C18H21N3O6S/c1-11-17(12(2)27-20-11)28(23,24)21-7-5-14(6-8-21)19-18(22)13-3-4-15-16(9-13)26-10-25-15/h3-4,9,14H,5-8,10H2,1-2H3,(H,19,22). The molecule has 2 aromatic rings. The van der Waals surface area contributed by atoms with Crippen LogP contribution in [0.15, 0.2) is 27.6 Å². The van der Waals surface area contributed by atoms with Gasteiger partial charge in [-0.1, -0.05) is 5.16 Å². The number of nitrogens with zero attached hydrogens (tertiary/aromatic N) is 2. The van der Waals surface area contributed by atoms with Crippen LogP contribution in [0.2, 0.25) is 0 Å². The minimum Gasteiger partial charge on any atom is -0.454 e. The molecule has 0 saturated carbocycles. The number of piperidine rings is 1. The molecule has 2 aliphatic heterocycles. The Labute approximate surface area is 162 Å². The number of rotatable bonds is 4. The fourth-order valence-electron chi connectivity index (χ4n) is 3.52. The van der Waals surface area contributed by atoms with E-state index in [1.165, 1.54) is 4.31 Å². The molecule has 10 heteroatoms. The third-order valence-electron chi connectivity index (χ3n) is 4.99. The molecule has 1 saturated heterocycles. The van der Waals surface area contributed by atoms with E-state index in [-0.39, 0.29) is 29.4 Å². The SMILES string of the molecule is Cc1noc(C)c1S(=O)(=O)N1CCC(NC(=O)c2ccc3c(c2)OCO3)CC1. The van der Waals surface area contributed by atoms with Gasteiger partial charge in [0.25, 0.3) is 5.91 Å². The summed E-state index contributed by atoms with van der Waals surface area (Å²) >= 11 is 0. The summed E-state index contributed by atoms with van der Waals surface area (Å²) in [4.78, 5) is 12.6. The number of carbonyl (C=O) groups excluding carboxylic acids is 1. The molecule has 0 atom stereocenters. The molecule has 0 unspecified atom stereocenters. The number of nitrogens with one attached hydrogen (secondary N) is 1. The minimum atomic E-state index is -3.66. The molecular formula is C18H21N3O6S. The third kappa shape index (κ3) is 3.33. The van der Waals surface area contributed by atoms with Crippen LogP contribution in [0.4, 0.5) is 0 Å². The van der Waals surface area contributed by atoms with E-state index in [0.29, 0.717) is 48.7 Å². The summed E-state index contributed by atoms with van der Waals surface area (Å²) in [6.07, 6.45) is 1.05. The Bertz CT molecular complexity index is 989. The van der Waals surface area contributed by atoms with Crippen LogP contribution in [-0.2, 0) is 10.0 Å². The van der Waals surface area contributed by atoms with Crippen LogP contribution in [-0.4, -0.2) is 49.7 Å². The lowest BCUT2D eigenvalue weighted by Gasteiger charge is -2.31. The highest BCUT2D eigenvalue weighted by atomic mass is 32.2. The summed E-state index contributed by atoms with van der Waals surface area (Å²) in [5.74, 6) is 1.24. The molecule has 3 heterocycles. The van der Waals surface area contributed by atoms with Gasteiger partial charge >= 0.3 is 0 Å². The van der Waals surface area contributed by atoms with Crippen LogP contribution in [0.3, 0.4) is 0 Å². The molecule has 1 aromatic carbocycles. The quantitative estimate of drug-likeness (QED) is 0.819. The van der Waals surface area contributed by atoms with Crippen molar-refractivity contribution in [1.29, 1.82) is 0 Å². The zero-order valence-corrected chi connectivity index (χ0v) is 16.4. The largest absolute Gasteiger partial charge is 0.454 e. The van der Waals surface area contributed by atoms with E-state index in [2.05, 4.69) is 10.5 Å². The van der Waals surface area contributed by atoms with E-state index in [1.54, 1.807) is 32.0 Å². The van der Waals surface area contributed by atoms with Gasteiger partial charge < -0.3 is 19.3 Å². The third-order valence-corrected chi connectivity index (χ3v) is 7.13. The number of carbonyl (C=O) groups is 1. The van der Waals surface area contributed by atoms with Crippen molar-refractivity contribution >= 4 is 15.9 Å². The zero-order valence-electron chi connectivity index (χ0n) is 15.6. The maximum Gasteiger partial charge on any atom is 0.251 e. The second-order valence-corrected chi connectivity index (χ2v) is 8.75. The Morgan fingerprint density at radius 1 is 1.18 bits per heavy atom. The molecule has 0 spiro atoms. The summed E-state index contributed by atoms with van der Waals surface area (Å²) in [6.45, 7) is 3.99. The van der Waals surface area contributed by atoms with Crippen molar-refractivity contribution in [3.05, 3.63) is 35.2 Å². The first kappa shape index (κ1) is 18.8. The molecular weight excluding hydrogens is 386 g/mol. The van der Waals surface area contributed by atoms with Gasteiger partial charge in [0, 0.05) is 24.7 Å². The summed E-state index contributed by atoms with van der Waals surface area (Å²) < 4.78 is 42.7. The molecule has 2 aliphatic rings. The first-order valence-corrected chi connectivity index (χ1v) is 10.4. The van der Waals surface area contributed by atoms with Crippen molar-refractivity contribution in [2.45, 2.75) is 37.6 Å². The number of aryl methyl sites for hydroxylation is 2. The molecule has 28 heavy (non-hydrogen) atoms. The van der Waals surface area contributed by atoms with Gasteiger partial charge in [-0.3, -0.25) is 4.79 Å². The number of hydrogen-bond acceptors (Lipinski definition) is 7. The Morgan fingerprint density at radius 3 is 2.57 bits per heavy atom. The smallest absolute Gasteiger partial charge is 0.251 e. The average molecular weight is 407 g/mol. The highest BCUT2D eigenvalue weighted by Gasteiger charge is 2.34. The van der Waals surface area contributed by atoms with E-state index in [4.69, 9.17) is 14.0 Å². The van der Waals surface area contributed by atoms with Gasteiger partial charge in [0.05, 0.1) is 0 Å². The van der Waals surface area contributed by atoms with Crippen LogP contribution in [0, 0.1) is 13.8 Å². The number of ether oxygens (including phenoxy) is 2. The normalized spacial score (nSPS) is 17.6. The van der Waals surface area contributed by atoms with E-state index in [9.17, 15) is 13.2 Å². The summed E-state index contributed by atoms with van der Waals surface area (Å²) in [6, 6.07) is 4.93. The first-order chi connectivity index (χ1) is 13.4. The summed E-state index contributed by atoms with van der Waals surface area (Å²) in [5, 5.41) is 6.70. The lowest BCUT2D eigenvalue weighted by atomic mass is 10.1. The molecule has 1 amide bonds. The fourth-order valence-corrected chi connectivity index (χ4v) is 5.28. The highest BCUT2D eigenvalue weighted by Crippen LogP contribution is 2.32. The van der Waals surface area contributed by atoms with E-state index < -0.39 is 10.0 Å². The number of aromatic nitrogens is 1. The summed E-state index contributed by atoms with van der Waals surface area (Å²) in [5.41, 5.74) is 0.839. The van der Waals surface area contributed by atoms with Gasteiger partial charge in [-0.15, -0.1) is 0 Å². The molecule has 1 N–H and O–H groups in total. The molecule has 0 bridgehead atoms. The van der Waals surface area contributed by atoms with Crippen molar-refractivity contribution in [2.24, 2.45) is 0 Å². The topological polar surface area (TPSA) is 111 Å². The van der Waals surface area contributed by atoms with Crippen LogP contribution in [0.5, 0.6) is 11.5 Å². The van der Waals surface area contributed by atoms with Gasteiger partial charge in [0.1, 0.15) is 10.6 Å². The van der Waals surface area contributed by atoms with E-state index >= 15 is 0 Å². The van der Waals surface area contributed by atoms with Crippen molar-refractivity contribution in [3.63, 3.8) is 0 Å². The second kappa shape index (κ2) is 7.10. The molecule has 9 nitrogen and oxygen atoms in total. The molecule has 0 aliphatic carbocycles. The maximum absolute atomic E-state index is 12.9. The first-order valence-electron chi connectivity index (χ1n) is 9.00. The number of fused-ring (bicyclic) bond motifs is 1. The van der Waals surface area contributed by atoms with Gasteiger partial charge in [-0.25, -0.2) is 8.42 Å². The fraction of sp³-hybridized carbons (Fsp3) is 0.444. The predicted octanol–water partition coefficient (Wildman–Crippen LogP) is 1.60. The van der Waals surface area contributed by atoms with Crippen molar-refractivity contribution in [3.8, 4) is 11.5 Å². The van der Waals surface area contributed by atoms with Crippen molar-refractivity contribution < 1.29 is 27.2 Å². The van der Waals surface area contributed by atoms with Crippen LogP contribution in [0.1, 0.15) is 34.7 Å². The lowest BCUT2D eigenvalue weighted by Crippen LogP contribution is -2.46. The molecule has 1 aromatic heterocycles. The average Bonchev–Trinajstić information content (AvgIpc) is 3.27. The van der Waals surface area contributed by atoms with Crippen LogP contribution < -0.4 is 14.8 Å². The number of benzene rings is 1. The second-order valence-electron chi connectivity index (χ2n) is 6.87. The van der Waals surface area contributed by atoms with E-state index in [0.717, 1.165) is 0 Å². The van der Waals surface area contributed by atoms with Gasteiger partial charge in [0.2, 0.25) is 16.8 Å². The van der Waals surface area contributed by atoms with E-state index in [1.807, 2.05) is 0 Å². The van der Waals surface area contributed by atoms with Crippen LogP contribution in [0.25, 0.3) is 0 Å². The van der Waals surface area contributed by atoms with Crippen molar-refractivity contribution in [2.75, 3.05) is 19.9 Å². The highest BCUT2D eigenvalue weighted by molar-refractivity contribution is 7.89. The molecule has 150 valence electrons. The van der Waals surface area contributed by atoms with Gasteiger partial charge in [0.15, 0.2) is 17.3 Å².